The number of hydrogen-bond donors (Lipinski definition) is 1. The summed E-state index contributed by atoms with van der Waals surface area (Å²) in [6.45, 7) is 7.02. The van der Waals surface area contributed by atoms with Crippen LogP contribution in [0.1, 0.15) is 29.9 Å². The van der Waals surface area contributed by atoms with Gasteiger partial charge in [0.2, 0.25) is 0 Å². The molecule has 1 N–H and O–H groups in total. The smallest absolute Gasteiger partial charge is 0.127 e. The van der Waals surface area contributed by atoms with Crippen LogP contribution in [-0.2, 0) is 18.4 Å². The fraction of sp³-hybridized carbons (Fsp3) is 0.412. The SMILES string of the molecule is CC(C)(CNCc1cc(Cl)cc2c1OCC2)c1cccs1. The Kier molecular flexibility index (Phi) is 4.25. The number of ether oxygens (including phenoxy) is 1. The summed E-state index contributed by atoms with van der Waals surface area (Å²) in [4.78, 5) is 1.41. The van der Waals surface area contributed by atoms with Crippen LogP contribution in [0.25, 0.3) is 0 Å². The largest absolute Gasteiger partial charge is 0.493 e. The Morgan fingerprint density at radius 3 is 3.00 bits per heavy atom. The van der Waals surface area contributed by atoms with E-state index in [1.54, 1.807) is 0 Å². The van der Waals surface area contributed by atoms with Crippen molar-refractivity contribution in [3.05, 3.63) is 50.7 Å². The zero-order chi connectivity index (χ0) is 14.9. The van der Waals surface area contributed by atoms with E-state index in [0.29, 0.717) is 0 Å². The van der Waals surface area contributed by atoms with Crippen molar-refractivity contribution >= 4 is 22.9 Å². The number of halogens is 1. The van der Waals surface area contributed by atoms with E-state index >= 15 is 0 Å². The van der Waals surface area contributed by atoms with Gasteiger partial charge in [0.25, 0.3) is 0 Å². The van der Waals surface area contributed by atoms with Crippen molar-refractivity contribution < 1.29 is 4.74 Å². The van der Waals surface area contributed by atoms with Gasteiger partial charge in [-0.25, -0.2) is 0 Å². The first kappa shape index (κ1) is 14.9. The van der Waals surface area contributed by atoms with Gasteiger partial charge in [-0.1, -0.05) is 31.5 Å². The zero-order valence-corrected chi connectivity index (χ0v) is 14.0. The van der Waals surface area contributed by atoms with Gasteiger partial charge in [0, 0.05) is 40.4 Å². The summed E-state index contributed by atoms with van der Waals surface area (Å²) in [5, 5.41) is 6.49. The lowest BCUT2D eigenvalue weighted by atomic mass is 9.91. The molecule has 0 radical (unpaired) electrons. The summed E-state index contributed by atoms with van der Waals surface area (Å²) in [6, 6.07) is 8.34. The van der Waals surface area contributed by atoms with Crippen molar-refractivity contribution in [3.8, 4) is 5.75 Å². The normalized spacial score (nSPS) is 14.0. The van der Waals surface area contributed by atoms with Crippen LogP contribution < -0.4 is 10.1 Å². The summed E-state index contributed by atoms with van der Waals surface area (Å²) < 4.78 is 5.74. The molecule has 0 saturated carbocycles. The molecule has 0 bridgehead atoms. The highest BCUT2D eigenvalue weighted by Crippen LogP contribution is 2.33. The third-order valence-corrected chi connectivity index (χ3v) is 5.35. The first-order valence-electron chi connectivity index (χ1n) is 7.25. The third kappa shape index (κ3) is 3.25. The molecule has 0 spiro atoms. The van der Waals surface area contributed by atoms with Crippen LogP contribution in [0.15, 0.2) is 29.6 Å². The molecule has 4 heteroatoms. The van der Waals surface area contributed by atoms with Crippen LogP contribution in [0, 0.1) is 0 Å². The van der Waals surface area contributed by atoms with Crippen LogP contribution in [0.3, 0.4) is 0 Å². The summed E-state index contributed by atoms with van der Waals surface area (Å²) in [6.07, 6.45) is 0.962. The average Bonchev–Trinajstić information content (AvgIpc) is 3.09. The topological polar surface area (TPSA) is 21.3 Å². The van der Waals surface area contributed by atoms with Crippen molar-refractivity contribution in [2.45, 2.75) is 32.2 Å². The van der Waals surface area contributed by atoms with E-state index in [0.717, 1.165) is 42.5 Å². The fourth-order valence-electron chi connectivity index (χ4n) is 2.74. The van der Waals surface area contributed by atoms with Crippen LogP contribution in [-0.4, -0.2) is 13.2 Å². The van der Waals surface area contributed by atoms with Crippen LogP contribution in [0.4, 0.5) is 0 Å². The van der Waals surface area contributed by atoms with Crippen molar-refractivity contribution in [1.82, 2.24) is 5.32 Å². The first-order chi connectivity index (χ1) is 10.1. The molecule has 0 amide bonds. The summed E-state index contributed by atoms with van der Waals surface area (Å²) in [7, 11) is 0. The van der Waals surface area contributed by atoms with E-state index in [-0.39, 0.29) is 5.41 Å². The van der Waals surface area contributed by atoms with E-state index < -0.39 is 0 Å². The predicted molar refractivity (Wildman–Crippen MR) is 89.7 cm³/mol. The molecule has 2 heterocycles. The maximum Gasteiger partial charge on any atom is 0.127 e. The molecule has 1 aliphatic heterocycles. The minimum Gasteiger partial charge on any atom is -0.493 e. The molecule has 1 aromatic carbocycles. The lowest BCUT2D eigenvalue weighted by molar-refractivity contribution is 0.351. The first-order valence-corrected chi connectivity index (χ1v) is 8.51. The van der Waals surface area contributed by atoms with Gasteiger partial charge >= 0.3 is 0 Å². The second-order valence-corrected chi connectivity index (χ2v) is 7.50. The molecule has 0 unspecified atom stereocenters. The molecule has 2 aromatic rings. The number of benzene rings is 1. The summed E-state index contributed by atoms with van der Waals surface area (Å²) >= 11 is 8.01. The Hall–Kier alpha value is -1.03. The fourth-order valence-corrected chi connectivity index (χ4v) is 3.85. The van der Waals surface area contributed by atoms with Gasteiger partial charge in [-0.15, -0.1) is 11.3 Å². The lowest BCUT2D eigenvalue weighted by Gasteiger charge is -2.24. The molecule has 1 aliphatic rings. The van der Waals surface area contributed by atoms with Gasteiger partial charge in [0.1, 0.15) is 5.75 Å². The van der Waals surface area contributed by atoms with E-state index in [1.165, 1.54) is 10.4 Å². The minimum atomic E-state index is 0.136. The van der Waals surface area contributed by atoms with E-state index in [4.69, 9.17) is 16.3 Å². The number of hydrogen-bond acceptors (Lipinski definition) is 3. The number of thiophene rings is 1. The maximum absolute atomic E-state index is 6.20. The van der Waals surface area contributed by atoms with Gasteiger partial charge in [-0.3, -0.25) is 0 Å². The summed E-state index contributed by atoms with van der Waals surface area (Å²) in [5.41, 5.74) is 2.53. The lowest BCUT2D eigenvalue weighted by Crippen LogP contribution is -2.32. The van der Waals surface area contributed by atoms with Crippen molar-refractivity contribution in [2.24, 2.45) is 0 Å². The molecule has 0 saturated heterocycles. The molecule has 0 fully saturated rings. The van der Waals surface area contributed by atoms with Crippen LogP contribution >= 0.6 is 22.9 Å². The maximum atomic E-state index is 6.20. The van der Waals surface area contributed by atoms with E-state index in [9.17, 15) is 0 Å². The van der Waals surface area contributed by atoms with Gasteiger partial charge in [0.05, 0.1) is 6.61 Å². The van der Waals surface area contributed by atoms with Gasteiger partial charge in [-0.2, -0.15) is 0 Å². The third-order valence-electron chi connectivity index (χ3n) is 3.90. The molecule has 0 aliphatic carbocycles. The Balaban J connectivity index is 1.66. The average molecular weight is 322 g/mol. The molecule has 3 rings (SSSR count). The van der Waals surface area contributed by atoms with Crippen LogP contribution in [0.5, 0.6) is 5.75 Å². The molecular weight excluding hydrogens is 302 g/mol. The predicted octanol–water partition coefficient (Wildman–Crippen LogP) is 4.40. The van der Waals surface area contributed by atoms with Crippen LogP contribution in [0.2, 0.25) is 5.02 Å². The highest BCUT2D eigenvalue weighted by molar-refractivity contribution is 7.10. The van der Waals surface area contributed by atoms with Crippen molar-refractivity contribution in [3.63, 3.8) is 0 Å². The van der Waals surface area contributed by atoms with Gasteiger partial charge in [-0.05, 0) is 29.1 Å². The Morgan fingerprint density at radius 1 is 1.38 bits per heavy atom. The standard InChI is InChI=1S/C17H20ClNOS/c1-17(2,15-4-3-7-21-15)11-19-10-13-9-14(18)8-12-5-6-20-16(12)13/h3-4,7-9,19H,5-6,10-11H2,1-2H3. The van der Waals surface area contributed by atoms with Gasteiger partial charge in [0.15, 0.2) is 0 Å². The van der Waals surface area contributed by atoms with E-state index in [2.05, 4.69) is 36.7 Å². The Labute approximate surface area is 135 Å². The molecular formula is C17H20ClNOS. The molecule has 21 heavy (non-hydrogen) atoms. The van der Waals surface area contributed by atoms with Crippen molar-refractivity contribution in [2.75, 3.05) is 13.2 Å². The second-order valence-electron chi connectivity index (χ2n) is 6.12. The molecule has 0 atom stereocenters. The number of nitrogens with one attached hydrogen (secondary N) is 1. The number of fused-ring (bicyclic) bond motifs is 1. The Morgan fingerprint density at radius 2 is 2.24 bits per heavy atom. The monoisotopic (exact) mass is 321 g/mol. The second kappa shape index (κ2) is 5.99. The molecule has 112 valence electrons. The van der Waals surface area contributed by atoms with E-state index in [1.807, 2.05) is 23.5 Å². The number of rotatable bonds is 5. The van der Waals surface area contributed by atoms with Crippen molar-refractivity contribution in [1.29, 1.82) is 0 Å². The highest BCUT2D eigenvalue weighted by atomic mass is 35.5. The molecule has 2 nitrogen and oxygen atoms in total. The van der Waals surface area contributed by atoms with Gasteiger partial charge < -0.3 is 10.1 Å². The zero-order valence-electron chi connectivity index (χ0n) is 12.4. The molecule has 1 aromatic heterocycles. The quantitative estimate of drug-likeness (QED) is 0.881. The highest BCUT2D eigenvalue weighted by Gasteiger charge is 2.22. The Bertz CT molecular complexity index is 622. The summed E-state index contributed by atoms with van der Waals surface area (Å²) in [5.74, 6) is 1.03. The minimum absolute atomic E-state index is 0.136.